The largest absolute Gasteiger partial charge is 0.351 e. The van der Waals surface area contributed by atoms with E-state index in [9.17, 15) is 9.59 Å². The van der Waals surface area contributed by atoms with Gasteiger partial charge in [-0.25, -0.2) is 4.79 Å². The van der Waals surface area contributed by atoms with Gasteiger partial charge in [0.15, 0.2) is 0 Å². The molecular formula is C15H24N4O2. The maximum absolute atomic E-state index is 12.0. The molecule has 1 aromatic rings. The first-order valence-electron chi connectivity index (χ1n) is 7.07. The van der Waals surface area contributed by atoms with E-state index in [-0.39, 0.29) is 11.8 Å². The molecule has 1 atom stereocenters. The number of nitrogens with one attached hydrogen (secondary N) is 2. The van der Waals surface area contributed by atoms with E-state index >= 15 is 0 Å². The molecule has 3 amide bonds. The van der Waals surface area contributed by atoms with E-state index in [1.54, 1.807) is 24.3 Å². The third-order valence-corrected chi connectivity index (χ3v) is 3.03. The van der Waals surface area contributed by atoms with E-state index in [0.29, 0.717) is 30.3 Å². The highest BCUT2D eigenvalue weighted by atomic mass is 16.2. The second kappa shape index (κ2) is 8.26. The molecule has 0 aliphatic carbocycles. The summed E-state index contributed by atoms with van der Waals surface area (Å²) in [4.78, 5) is 22.8. The maximum Gasteiger partial charge on any atom is 0.316 e. The fourth-order valence-electron chi connectivity index (χ4n) is 2.22. The molecule has 0 saturated carbocycles. The van der Waals surface area contributed by atoms with Gasteiger partial charge in [-0.2, -0.15) is 0 Å². The summed E-state index contributed by atoms with van der Waals surface area (Å²) in [6, 6.07) is 6.20. The van der Waals surface area contributed by atoms with Gasteiger partial charge in [0, 0.05) is 17.8 Å². The minimum absolute atomic E-state index is 0.0812. The molecule has 116 valence electrons. The molecule has 0 aliphatic rings. The van der Waals surface area contributed by atoms with Gasteiger partial charge in [0.2, 0.25) is 5.91 Å². The zero-order chi connectivity index (χ0) is 15.8. The lowest BCUT2D eigenvalue weighted by atomic mass is 9.94. The standard InChI is InChI=1S/C15H24N4O2/c1-10(2)6-11(9-16)7-14(20)18-12-4-3-5-13(8-12)19-15(17)21/h3-5,8,10-11H,6-7,9,16H2,1-2H3,(H,18,20)(H3,17,19,21)/t11-/m0/s1. The molecule has 6 heteroatoms. The first kappa shape index (κ1) is 17.0. The Morgan fingerprint density at radius 3 is 2.33 bits per heavy atom. The zero-order valence-electron chi connectivity index (χ0n) is 12.6. The number of hydrogen-bond donors (Lipinski definition) is 4. The Kier molecular flexibility index (Phi) is 6.68. The summed E-state index contributed by atoms with van der Waals surface area (Å²) in [6.07, 6.45) is 1.31. The van der Waals surface area contributed by atoms with Gasteiger partial charge >= 0.3 is 6.03 Å². The SMILES string of the molecule is CC(C)C[C@H](CN)CC(=O)Nc1cccc(NC(N)=O)c1. The molecule has 0 unspecified atom stereocenters. The molecular weight excluding hydrogens is 268 g/mol. The molecule has 0 aromatic heterocycles. The van der Waals surface area contributed by atoms with Crippen LogP contribution in [-0.4, -0.2) is 18.5 Å². The van der Waals surface area contributed by atoms with Crippen LogP contribution >= 0.6 is 0 Å². The van der Waals surface area contributed by atoms with Crippen LogP contribution < -0.4 is 22.1 Å². The lowest BCUT2D eigenvalue weighted by molar-refractivity contribution is -0.117. The van der Waals surface area contributed by atoms with Crippen molar-refractivity contribution in [1.29, 1.82) is 0 Å². The van der Waals surface area contributed by atoms with E-state index in [0.717, 1.165) is 6.42 Å². The molecule has 1 aromatic carbocycles. The number of nitrogens with two attached hydrogens (primary N) is 2. The van der Waals surface area contributed by atoms with Gasteiger partial charge in [-0.3, -0.25) is 4.79 Å². The molecule has 0 spiro atoms. The number of urea groups is 1. The summed E-state index contributed by atoms with van der Waals surface area (Å²) in [5, 5.41) is 5.27. The Balaban J connectivity index is 2.59. The summed E-state index contributed by atoms with van der Waals surface area (Å²) in [5.74, 6) is 0.605. The highest BCUT2D eigenvalue weighted by Crippen LogP contribution is 2.18. The number of hydrogen-bond acceptors (Lipinski definition) is 3. The number of primary amides is 1. The molecule has 0 saturated heterocycles. The van der Waals surface area contributed by atoms with Crippen LogP contribution in [0.25, 0.3) is 0 Å². The summed E-state index contributed by atoms with van der Waals surface area (Å²) in [5.41, 5.74) is 11.9. The van der Waals surface area contributed by atoms with E-state index in [4.69, 9.17) is 11.5 Å². The maximum atomic E-state index is 12.0. The number of carbonyl (C=O) groups is 2. The Morgan fingerprint density at radius 2 is 1.81 bits per heavy atom. The van der Waals surface area contributed by atoms with Crippen molar-refractivity contribution in [3.8, 4) is 0 Å². The second-order valence-electron chi connectivity index (χ2n) is 5.55. The number of benzene rings is 1. The van der Waals surface area contributed by atoms with E-state index < -0.39 is 6.03 Å². The van der Waals surface area contributed by atoms with Crippen LogP contribution in [0.4, 0.5) is 16.2 Å². The molecule has 0 fully saturated rings. The van der Waals surface area contributed by atoms with Crippen LogP contribution in [0.3, 0.4) is 0 Å². The Labute approximate surface area is 125 Å². The van der Waals surface area contributed by atoms with Crippen molar-refractivity contribution >= 4 is 23.3 Å². The third-order valence-electron chi connectivity index (χ3n) is 3.03. The fourth-order valence-corrected chi connectivity index (χ4v) is 2.22. The quantitative estimate of drug-likeness (QED) is 0.617. The topological polar surface area (TPSA) is 110 Å². The summed E-state index contributed by atoms with van der Waals surface area (Å²) < 4.78 is 0. The van der Waals surface area contributed by atoms with Crippen LogP contribution in [-0.2, 0) is 4.79 Å². The first-order chi connectivity index (χ1) is 9.90. The van der Waals surface area contributed by atoms with Crippen LogP contribution in [0.1, 0.15) is 26.7 Å². The number of amides is 3. The monoisotopic (exact) mass is 292 g/mol. The summed E-state index contributed by atoms with van der Waals surface area (Å²) in [7, 11) is 0. The van der Waals surface area contributed by atoms with Crippen molar-refractivity contribution in [2.75, 3.05) is 17.2 Å². The van der Waals surface area contributed by atoms with Gasteiger partial charge in [-0.1, -0.05) is 19.9 Å². The zero-order valence-corrected chi connectivity index (χ0v) is 12.6. The van der Waals surface area contributed by atoms with Crippen molar-refractivity contribution in [2.45, 2.75) is 26.7 Å². The minimum Gasteiger partial charge on any atom is -0.351 e. The fraction of sp³-hybridized carbons (Fsp3) is 0.467. The predicted molar refractivity (Wildman–Crippen MR) is 84.9 cm³/mol. The lowest BCUT2D eigenvalue weighted by Crippen LogP contribution is -2.23. The van der Waals surface area contributed by atoms with Crippen molar-refractivity contribution < 1.29 is 9.59 Å². The van der Waals surface area contributed by atoms with Gasteiger partial charge in [0.1, 0.15) is 0 Å². The number of carbonyl (C=O) groups excluding carboxylic acids is 2. The van der Waals surface area contributed by atoms with Crippen LogP contribution in [0.15, 0.2) is 24.3 Å². The van der Waals surface area contributed by atoms with Crippen LogP contribution in [0, 0.1) is 11.8 Å². The van der Waals surface area contributed by atoms with Crippen LogP contribution in [0.2, 0.25) is 0 Å². The van der Waals surface area contributed by atoms with Crippen molar-refractivity contribution in [3.63, 3.8) is 0 Å². The average molecular weight is 292 g/mol. The smallest absolute Gasteiger partial charge is 0.316 e. The molecule has 6 N–H and O–H groups in total. The molecule has 0 bridgehead atoms. The lowest BCUT2D eigenvalue weighted by Gasteiger charge is -2.16. The predicted octanol–water partition coefficient (Wildman–Crippen LogP) is 2.13. The first-order valence-corrected chi connectivity index (χ1v) is 7.07. The normalized spacial score (nSPS) is 12.0. The van der Waals surface area contributed by atoms with Gasteiger partial charge in [0.05, 0.1) is 0 Å². The number of anilines is 2. The van der Waals surface area contributed by atoms with E-state index in [2.05, 4.69) is 24.5 Å². The third kappa shape index (κ3) is 6.76. The van der Waals surface area contributed by atoms with Crippen LogP contribution in [0.5, 0.6) is 0 Å². The Bertz CT molecular complexity index is 488. The van der Waals surface area contributed by atoms with E-state index in [1.165, 1.54) is 0 Å². The van der Waals surface area contributed by atoms with Gasteiger partial charge in [-0.15, -0.1) is 0 Å². The van der Waals surface area contributed by atoms with Gasteiger partial charge in [0.25, 0.3) is 0 Å². The molecule has 21 heavy (non-hydrogen) atoms. The molecule has 0 heterocycles. The minimum atomic E-state index is -0.640. The second-order valence-corrected chi connectivity index (χ2v) is 5.55. The van der Waals surface area contributed by atoms with Crippen molar-refractivity contribution in [3.05, 3.63) is 24.3 Å². The van der Waals surface area contributed by atoms with Gasteiger partial charge < -0.3 is 22.1 Å². The molecule has 0 aliphatic heterocycles. The summed E-state index contributed by atoms with van der Waals surface area (Å²) in [6.45, 7) is 4.72. The summed E-state index contributed by atoms with van der Waals surface area (Å²) >= 11 is 0. The molecule has 1 rings (SSSR count). The van der Waals surface area contributed by atoms with E-state index in [1.807, 2.05) is 0 Å². The molecule has 0 radical (unpaired) electrons. The van der Waals surface area contributed by atoms with Gasteiger partial charge in [-0.05, 0) is 43.0 Å². The number of rotatable bonds is 7. The van der Waals surface area contributed by atoms with Crippen molar-refractivity contribution in [2.24, 2.45) is 23.3 Å². The highest BCUT2D eigenvalue weighted by molar-refractivity contribution is 5.93. The average Bonchev–Trinajstić information content (AvgIpc) is 2.36. The Hall–Kier alpha value is -2.08. The molecule has 6 nitrogen and oxygen atoms in total. The van der Waals surface area contributed by atoms with Crippen molar-refractivity contribution in [1.82, 2.24) is 0 Å². The Morgan fingerprint density at radius 1 is 1.19 bits per heavy atom. The highest BCUT2D eigenvalue weighted by Gasteiger charge is 2.14.